The fraction of sp³-hybridized carbons (Fsp3) is 0.167. The van der Waals surface area contributed by atoms with Crippen molar-refractivity contribution in [2.75, 3.05) is 7.05 Å². The summed E-state index contributed by atoms with van der Waals surface area (Å²) in [6.07, 6.45) is 0. The van der Waals surface area contributed by atoms with E-state index in [2.05, 4.69) is 5.32 Å². The van der Waals surface area contributed by atoms with Crippen molar-refractivity contribution < 1.29 is 8.78 Å². The Balaban J connectivity index is 2.38. The predicted octanol–water partition coefficient (Wildman–Crippen LogP) is 3.41. The van der Waals surface area contributed by atoms with Crippen LogP contribution in [0.2, 0.25) is 0 Å². The van der Waals surface area contributed by atoms with E-state index in [-0.39, 0.29) is 5.82 Å². The Bertz CT molecular complexity index is 494. The van der Waals surface area contributed by atoms with Crippen molar-refractivity contribution in [2.24, 2.45) is 0 Å². The number of hydrogen-bond donors (Lipinski definition) is 1. The second kappa shape index (κ2) is 4.72. The molecule has 0 unspecified atom stereocenters. The molecule has 0 radical (unpaired) electrons. The van der Waals surface area contributed by atoms with Gasteiger partial charge in [-0.25, -0.2) is 8.78 Å². The number of nitrogens with one attached hydrogen (secondary N) is 1. The Labute approximate surface area is 96.7 Å². The van der Waals surface area contributed by atoms with Crippen molar-refractivity contribution in [2.45, 2.75) is 6.54 Å². The van der Waals surface area contributed by atoms with Crippen LogP contribution in [-0.4, -0.2) is 7.05 Å². The Kier molecular flexibility index (Phi) is 3.31. The first kappa shape index (κ1) is 11.2. The minimum atomic E-state index is -0.417. The second-order valence-corrected chi connectivity index (χ2v) is 4.38. The molecule has 1 heterocycles. The van der Waals surface area contributed by atoms with Crippen LogP contribution in [0.1, 0.15) is 5.56 Å². The Morgan fingerprint density at radius 1 is 1.25 bits per heavy atom. The molecule has 0 fully saturated rings. The lowest BCUT2D eigenvalue weighted by Crippen LogP contribution is -2.03. The number of hydrogen-bond acceptors (Lipinski definition) is 2. The van der Waals surface area contributed by atoms with E-state index < -0.39 is 5.82 Å². The van der Waals surface area contributed by atoms with Gasteiger partial charge in [-0.05, 0) is 42.3 Å². The summed E-state index contributed by atoms with van der Waals surface area (Å²) in [4.78, 5) is 0.752. The van der Waals surface area contributed by atoms with Gasteiger partial charge in [0.2, 0.25) is 0 Å². The molecule has 1 aromatic heterocycles. The number of thiophene rings is 1. The van der Waals surface area contributed by atoms with E-state index in [1.807, 2.05) is 18.5 Å². The highest BCUT2D eigenvalue weighted by Gasteiger charge is 2.08. The summed E-state index contributed by atoms with van der Waals surface area (Å²) >= 11 is 1.42. The monoisotopic (exact) mass is 239 g/mol. The third-order valence-electron chi connectivity index (χ3n) is 2.23. The van der Waals surface area contributed by atoms with E-state index >= 15 is 0 Å². The molecule has 0 aliphatic heterocycles. The maximum atomic E-state index is 13.5. The molecule has 0 saturated carbocycles. The Morgan fingerprint density at radius 3 is 2.81 bits per heavy atom. The summed E-state index contributed by atoms with van der Waals surface area (Å²) in [5.74, 6) is -0.806. The van der Waals surface area contributed by atoms with Crippen LogP contribution in [0.15, 0.2) is 29.6 Å². The molecule has 1 nitrogen and oxygen atoms in total. The molecule has 0 bridgehead atoms. The van der Waals surface area contributed by atoms with Gasteiger partial charge in [0.1, 0.15) is 11.6 Å². The molecule has 1 N–H and O–H groups in total. The third-order valence-corrected chi connectivity index (χ3v) is 3.24. The maximum absolute atomic E-state index is 13.5. The topological polar surface area (TPSA) is 12.0 Å². The molecule has 84 valence electrons. The lowest BCUT2D eigenvalue weighted by molar-refractivity contribution is 0.603. The largest absolute Gasteiger partial charge is 0.316 e. The highest BCUT2D eigenvalue weighted by molar-refractivity contribution is 7.13. The van der Waals surface area contributed by atoms with Gasteiger partial charge in [-0.2, -0.15) is 0 Å². The molecule has 0 spiro atoms. The fourth-order valence-corrected chi connectivity index (χ4v) is 2.43. The Hall–Kier alpha value is -1.26. The maximum Gasteiger partial charge on any atom is 0.132 e. The molecule has 0 saturated heterocycles. The number of halogens is 2. The predicted molar refractivity (Wildman–Crippen MR) is 62.4 cm³/mol. The molecular formula is C12H11F2NS. The SMILES string of the molecule is CNCc1csc(-c2cc(F)ccc2F)c1. The van der Waals surface area contributed by atoms with Gasteiger partial charge >= 0.3 is 0 Å². The van der Waals surface area contributed by atoms with Crippen LogP contribution in [-0.2, 0) is 6.54 Å². The third kappa shape index (κ3) is 2.28. The second-order valence-electron chi connectivity index (χ2n) is 3.47. The van der Waals surface area contributed by atoms with Gasteiger partial charge in [-0.15, -0.1) is 11.3 Å². The van der Waals surface area contributed by atoms with Gasteiger partial charge < -0.3 is 5.32 Å². The number of benzene rings is 1. The van der Waals surface area contributed by atoms with Crippen LogP contribution in [0.25, 0.3) is 10.4 Å². The molecule has 0 aliphatic rings. The lowest BCUT2D eigenvalue weighted by atomic mass is 10.1. The molecule has 1 aromatic carbocycles. The summed E-state index contributed by atoms with van der Waals surface area (Å²) < 4.78 is 26.5. The Morgan fingerprint density at radius 2 is 2.06 bits per heavy atom. The highest BCUT2D eigenvalue weighted by Crippen LogP contribution is 2.29. The van der Waals surface area contributed by atoms with Gasteiger partial charge in [0, 0.05) is 17.0 Å². The summed E-state index contributed by atoms with van der Waals surface area (Å²) in [6.45, 7) is 0.730. The molecule has 0 aliphatic carbocycles. The molecule has 16 heavy (non-hydrogen) atoms. The van der Waals surface area contributed by atoms with Crippen LogP contribution in [0.5, 0.6) is 0 Å². The van der Waals surface area contributed by atoms with Crippen molar-refractivity contribution in [3.8, 4) is 10.4 Å². The van der Waals surface area contributed by atoms with Gasteiger partial charge in [0.05, 0.1) is 0 Å². The molecule has 0 amide bonds. The summed E-state index contributed by atoms with van der Waals surface area (Å²) in [5.41, 5.74) is 1.40. The van der Waals surface area contributed by atoms with Gasteiger partial charge in [0.25, 0.3) is 0 Å². The standard InChI is InChI=1S/C12H11F2NS/c1-15-6-8-4-12(16-7-8)10-5-9(13)2-3-11(10)14/h2-5,7,15H,6H2,1H3. The van der Waals surface area contributed by atoms with Crippen LogP contribution in [0, 0.1) is 11.6 Å². The van der Waals surface area contributed by atoms with Crippen LogP contribution < -0.4 is 5.32 Å². The fourth-order valence-electron chi connectivity index (χ4n) is 1.50. The van der Waals surface area contributed by atoms with E-state index in [9.17, 15) is 8.78 Å². The highest BCUT2D eigenvalue weighted by atomic mass is 32.1. The molecular weight excluding hydrogens is 228 g/mol. The first-order valence-corrected chi connectivity index (χ1v) is 5.76. The average molecular weight is 239 g/mol. The minimum absolute atomic E-state index is 0.326. The lowest BCUT2D eigenvalue weighted by Gasteiger charge is -1.99. The van der Waals surface area contributed by atoms with E-state index in [1.54, 1.807) is 0 Å². The molecule has 4 heteroatoms. The average Bonchev–Trinajstić information content (AvgIpc) is 2.71. The van der Waals surface area contributed by atoms with Crippen molar-refractivity contribution in [3.05, 3.63) is 46.8 Å². The first-order chi connectivity index (χ1) is 7.70. The van der Waals surface area contributed by atoms with Crippen molar-refractivity contribution in [1.82, 2.24) is 5.32 Å². The van der Waals surface area contributed by atoms with E-state index in [4.69, 9.17) is 0 Å². The van der Waals surface area contributed by atoms with Gasteiger partial charge in [-0.3, -0.25) is 0 Å². The normalized spacial score (nSPS) is 10.7. The minimum Gasteiger partial charge on any atom is -0.316 e. The van der Waals surface area contributed by atoms with Crippen molar-refractivity contribution in [3.63, 3.8) is 0 Å². The van der Waals surface area contributed by atoms with E-state index in [1.165, 1.54) is 17.4 Å². The van der Waals surface area contributed by atoms with E-state index in [0.29, 0.717) is 5.56 Å². The van der Waals surface area contributed by atoms with Crippen molar-refractivity contribution >= 4 is 11.3 Å². The van der Waals surface area contributed by atoms with Crippen molar-refractivity contribution in [1.29, 1.82) is 0 Å². The zero-order valence-corrected chi connectivity index (χ0v) is 9.57. The van der Waals surface area contributed by atoms with Gasteiger partial charge in [-0.1, -0.05) is 0 Å². The first-order valence-electron chi connectivity index (χ1n) is 4.88. The van der Waals surface area contributed by atoms with E-state index in [0.717, 1.165) is 29.1 Å². The molecule has 2 rings (SSSR count). The summed E-state index contributed by atoms with van der Waals surface area (Å²) in [5, 5.41) is 4.95. The smallest absolute Gasteiger partial charge is 0.132 e. The quantitative estimate of drug-likeness (QED) is 0.865. The summed E-state index contributed by atoms with van der Waals surface area (Å²) in [6, 6.07) is 5.38. The zero-order valence-electron chi connectivity index (χ0n) is 8.76. The van der Waals surface area contributed by atoms with Crippen LogP contribution in [0.4, 0.5) is 8.78 Å². The summed E-state index contributed by atoms with van der Waals surface area (Å²) in [7, 11) is 1.85. The number of rotatable bonds is 3. The molecule has 0 atom stereocenters. The zero-order chi connectivity index (χ0) is 11.5. The van der Waals surface area contributed by atoms with Crippen LogP contribution >= 0.6 is 11.3 Å². The van der Waals surface area contributed by atoms with Crippen LogP contribution in [0.3, 0.4) is 0 Å². The van der Waals surface area contributed by atoms with Gasteiger partial charge in [0.15, 0.2) is 0 Å². The molecule has 2 aromatic rings.